The monoisotopic (exact) mass is 285 g/mol. The summed E-state index contributed by atoms with van der Waals surface area (Å²) in [5.74, 6) is -0.0444. The Morgan fingerprint density at radius 1 is 1.47 bits per heavy atom. The zero-order chi connectivity index (χ0) is 14.0. The Kier molecular flexibility index (Phi) is 4.46. The molecule has 7 heteroatoms. The highest BCUT2D eigenvalue weighted by Crippen LogP contribution is 2.40. The van der Waals surface area contributed by atoms with Gasteiger partial charge in [0.25, 0.3) is 0 Å². The topological polar surface area (TPSA) is 77.2 Å². The molecule has 1 saturated carbocycles. The van der Waals surface area contributed by atoms with E-state index in [1.165, 1.54) is 11.8 Å². The quantitative estimate of drug-likeness (QED) is 0.774. The third-order valence-electron chi connectivity index (χ3n) is 2.77. The lowest BCUT2D eigenvalue weighted by Gasteiger charge is -2.17. The maximum absolute atomic E-state index is 10.7. The summed E-state index contributed by atoms with van der Waals surface area (Å²) in [5.41, 5.74) is 0. The largest absolute Gasteiger partial charge is 0.481 e. The Balaban J connectivity index is 2.16. The molecule has 0 spiro atoms. The predicted molar refractivity (Wildman–Crippen MR) is 71.3 cm³/mol. The van der Waals surface area contributed by atoms with Gasteiger partial charge in [-0.2, -0.15) is 0 Å². The van der Waals surface area contributed by atoms with Crippen LogP contribution in [0.5, 0.6) is 0 Å². The summed E-state index contributed by atoms with van der Waals surface area (Å²) in [6, 6.07) is 0.402. The van der Waals surface area contributed by atoms with Crippen molar-refractivity contribution in [3.8, 4) is 0 Å². The summed E-state index contributed by atoms with van der Waals surface area (Å²) in [6.45, 7) is 5.91. The summed E-state index contributed by atoms with van der Waals surface area (Å²) < 4.78 is 7.79. The third-order valence-corrected chi connectivity index (χ3v) is 3.70. The fourth-order valence-electron chi connectivity index (χ4n) is 1.94. The van der Waals surface area contributed by atoms with Crippen molar-refractivity contribution in [1.29, 1.82) is 0 Å². The number of carboxylic acids is 1. The van der Waals surface area contributed by atoms with E-state index in [9.17, 15) is 4.79 Å². The second-order valence-corrected chi connectivity index (χ2v) is 5.89. The number of nitrogens with zero attached hydrogens (tertiary/aromatic N) is 3. The van der Waals surface area contributed by atoms with Crippen LogP contribution in [0.15, 0.2) is 5.16 Å². The number of thioether (sulfide) groups is 1. The van der Waals surface area contributed by atoms with Crippen molar-refractivity contribution in [3.63, 3.8) is 0 Å². The van der Waals surface area contributed by atoms with Crippen molar-refractivity contribution in [2.24, 2.45) is 0 Å². The van der Waals surface area contributed by atoms with Gasteiger partial charge in [-0.3, -0.25) is 4.79 Å². The zero-order valence-corrected chi connectivity index (χ0v) is 12.2. The van der Waals surface area contributed by atoms with E-state index in [1.54, 1.807) is 0 Å². The molecule has 0 aliphatic heterocycles. The second-order valence-electron chi connectivity index (χ2n) is 4.95. The van der Waals surface area contributed by atoms with Gasteiger partial charge in [0.15, 0.2) is 11.0 Å². The summed E-state index contributed by atoms with van der Waals surface area (Å²) in [4.78, 5) is 10.7. The van der Waals surface area contributed by atoms with E-state index < -0.39 is 5.97 Å². The van der Waals surface area contributed by atoms with Crippen molar-refractivity contribution in [2.45, 2.75) is 57.0 Å². The lowest BCUT2D eigenvalue weighted by Crippen LogP contribution is -2.13. The van der Waals surface area contributed by atoms with Gasteiger partial charge in [0.05, 0.1) is 11.9 Å². The Morgan fingerprint density at radius 2 is 2.16 bits per heavy atom. The Morgan fingerprint density at radius 3 is 2.68 bits per heavy atom. The van der Waals surface area contributed by atoms with Crippen molar-refractivity contribution < 1.29 is 14.6 Å². The SMILES string of the molecule is CC(C)O[C@H](C)c1nnc(SCC(=O)O)n1C1CC1. The Bertz CT molecular complexity index is 457. The van der Waals surface area contributed by atoms with Crippen molar-refractivity contribution in [3.05, 3.63) is 5.82 Å². The van der Waals surface area contributed by atoms with Gasteiger partial charge < -0.3 is 14.4 Å². The number of aromatic nitrogens is 3. The van der Waals surface area contributed by atoms with E-state index in [-0.39, 0.29) is 18.0 Å². The highest BCUT2D eigenvalue weighted by Gasteiger charge is 2.31. The molecule has 1 atom stereocenters. The van der Waals surface area contributed by atoms with Crippen molar-refractivity contribution >= 4 is 17.7 Å². The van der Waals surface area contributed by atoms with E-state index >= 15 is 0 Å². The fraction of sp³-hybridized carbons (Fsp3) is 0.750. The molecule has 2 rings (SSSR count). The van der Waals surface area contributed by atoms with Crippen LogP contribution in [-0.2, 0) is 9.53 Å². The number of hydrogen-bond donors (Lipinski definition) is 1. The number of rotatable bonds is 7. The average molecular weight is 285 g/mol. The first-order valence-corrected chi connectivity index (χ1v) is 7.42. The molecule has 1 aliphatic rings. The van der Waals surface area contributed by atoms with Gasteiger partial charge in [-0.05, 0) is 33.6 Å². The van der Waals surface area contributed by atoms with E-state index in [4.69, 9.17) is 9.84 Å². The van der Waals surface area contributed by atoms with Crippen LogP contribution in [0.2, 0.25) is 0 Å². The second kappa shape index (κ2) is 5.92. The minimum absolute atomic E-state index is 0.00424. The van der Waals surface area contributed by atoms with Crippen LogP contribution in [0.1, 0.15) is 51.6 Å². The molecule has 1 aromatic rings. The van der Waals surface area contributed by atoms with E-state index in [0.717, 1.165) is 18.7 Å². The summed E-state index contributed by atoms with van der Waals surface area (Å²) >= 11 is 1.21. The van der Waals surface area contributed by atoms with Crippen LogP contribution >= 0.6 is 11.8 Å². The predicted octanol–water partition coefficient (Wildman–Crippen LogP) is 2.28. The highest BCUT2D eigenvalue weighted by molar-refractivity contribution is 7.99. The lowest BCUT2D eigenvalue weighted by atomic mass is 10.3. The van der Waals surface area contributed by atoms with Gasteiger partial charge in [0, 0.05) is 6.04 Å². The molecule has 0 aromatic carbocycles. The molecule has 1 N–H and O–H groups in total. The minimum atomic E-state index is -0.844. The smallest absolute Gasteiger partial charge is 0.313 e. The van der Waals surface area contributed by atoms with Crippen molar-refractivity contribution in [2.75, 3.05) is 5.75 Å². The Hall–Kier alpha value is -1.08. The standard InChI is InChI=1S/C12H19N3O3S/c1-7(2)18-8(3)11-13-14-12(19-6-10(16)17)15(11)9-4-5-9/h7-9H,4-6H2,1-3H3,(H,16,17)/t8-/m1/s1. The van der Waals surface area contributed by atoms with Crippen LogP contribution in [0.4, 0.5) is 0 Å². The maximum atomic E-state index is 10.7. The molecule has 0 radical (unpaired) electrons. The number of carbonyl (C=O) groups is 1. The molecule has 0 amide bonds. The Labute approximate surface area is 116 Å². The van der Waals surface area contributed by atoms with Crippen LogP contribution in [-0.4, -0.2) is 37.7 Å². The van der Waals surface area contributed by atoms with Gasteiger partial charge >= 0.3 is 5.97 Å². The third kappa shape index (κ3) is 3.70. The number of aliphatic carboxylic acids is 1. The van der Waals surface area contributed by atoms with Crippen LogP contribution in [0, 0.1) is 0 Å². The molecule has 1 heterocycles. The molecule has 19 heavy (non-hydrogen) atoms. The number of hydrogen-bond acceptors (Lipinski definition) is 5. The molecular formula is C12H19N3O3S. The van der Waals surface area contributed by atoms with Gasteiger partial charge in [0.1, 0.15) is 6.10 Å². The van der Waals surface area contributed by atoms with Crippen molar-refractivity contribution in [1.82, 2.24) is 14.8 Å². The summed E-state index contributed by atoms with van der Waals surface area (Å²) in [7, 11) is 0. The van der Waals surface area contributed by atoms with Crippen LogP contribution in [0.3, 0.4) is 0 Å². The number of ether oxygens (including phenoxy) is 1. The molecule has 0 unspecified atom stereocenters. The molecular weight excluding hydrogens is 266 g/mol. The normalized spacial score (nSPS) is 16.8. The van der Waals surface area contributed by atoms with Gasteiger partial charge in [0.2, 0.25) is 0 Å². The maximum Gasteiger partial charge on any atom is 0.313 e. The van der Waals surface area contributed by atoms with Crippen LogP contribution < -0.4 is 0 Å². The van der Waals surface area contributed by atoms with Crippen LogP contribution in [0.25, 0.3) is 0 Å². The summed E-state index contributed by atoms with van der Waals surface area (Å²) in [6.07, 6.45) is 2.18. The first-order valence-electron chi connectivity index (χ1n) is 6.44. The molecule has 106 valence electrons. The van der Waals surface area contributed by atoms with Gasteiger partial charge in [-0.15, -0.1) is 10.2 Å². The fourth-order valence-corrected chi connectivity index (χ4v) is 2.67. The zero-order valence-electron chi connectivity index (χ0n) is 11.4. The molecule has 0 bridgehead atoms. The molecule has 1 aliphatic carbocycles. The molecule has 1 fully saturated rings. The van der Waals surface area contributed by atoms with E-state index in [2.05, 4.69) is 10.2 Å². The van der Waals surface area contributed by atoms with Gasteiger partial charge in [-0.25, -0.2) is 0 Å². The summed E-state index contributed by atoms with van der Waals surface area (Å²) in [5, 5.41) is 17.7. The average Bonchev–Trinajstić information content (AvgIpc) is 3.05. The van der Waals surface area contributed by atoms with E-state index in [0.29, 0.717) is 11.2 Å². The molecule has 6 nitrogen and oxygen atoms in total. The highest BCUT2D eigenvalue weighted by atomic mass is 32.2. The minimum Gasteiger partial charge on any atom is -0.481 e. The van der Waals surface area contributed by atoms with Gasteiger partial charge in [-0.1, -0.05) is 11.8 Å². The lowest BCUT2D eigenvalue weighted by molar-refractivity contribution is -0.133. The number of carboxylic acid groups (broad SMARTS) is 1. The molecule has 0 saturated heterocycles. The first kappa shape index (κ1) is 14.3. The first-order chi connectivity index (χ1) is 8.99. The van der Waals surface area contributed by atoms with E-state index in [1.807, 2.05) is 25.3 Å². The molecule has 1 aromatic heterocycles.